The van der Waals surface area contributed by atoms with Gasteiger partial charge < -0.3 is 4.42 Å². The lowest BCUT2D eigenvalue weighted by atomic mass is 10.1. The minimum Gasteiger partial charge on any atom is -0.407 e. The zero-order valence-electron chi connectivity index (χ0n) is 14.9. The molecule has 1 N–H and O–H groups in total. The van der Waals surface area contributed by atoms with Gasteiger partial charge in [-0.1, -0.05) is 17.2 Å². The molecule has 0 fully saturated rings. The van der Waals surface area contributed by atoms with Crippen molar-refractivity contribution in [2.24, 2.45) is 0 Å². The summed E-state index contributed by atoms with van der Waals surface area (Å²) >= 11 is 1.66. The van der Waals surface area contributed by atoms with E-state index in [9.17, 15) is 14.9 Å². The van der Waals surface area contributed by atoms with Gasteiger partial charge in [0.15, 0.2) is 0 Å². The Kier molecular flexibility index (Phi) is 6.18. The highest BCUT2D eigenvalue weighted by molar-refractivity contribution is 7.98. The van der Waals surface area contributed by atoms with Crippen LogP contribution >= 0.6 is 11.8 Å². The maximum absolute atomic E-state index is 12.0. The molecule has 2 aromatic carbocycles. The number of non-ortho nitro benzene ring substituents is 1. The molecule has 0 unspecified atom stereocenters. The summed E-state index contributed by atoms with van der Waals surface area (Å²) in [5.74, 6) is -0.0515. The number of nitro groups is 1. The highest BCUT2D eigenvalue weighted by Crippen LogP contribution is 2.17. The topological polar surface area (TPSA) is 111 Å². The second kappa shape index (κ2) is 8.96. The smallest absolute Gasteiger partial charge is 0.322 e. The average molecular weight is 396 g/mol. The summed E-state index contributed by atoms with van der Waals surface area (Å²) in [6.07, 6.45) is 5.30. The van der Waals surface area contributed by atoms with E-state index in [1.807, 2.05) is 30.5 Å². The molecule has 3 rings (SSSR count). The Labute approximate surface area is 164 Å². The number of hydrogen-bond acceptors (Lipinski definition) is 7. The molecule has 3 aromatic rings. The van der Waals surface area contributed by atoms with Gasteiger partial charge in [-0.25, -0.2) is 0 Å². The Morgan fingerprint density at radius 2 is 1.89 bits per heavy atom. The summed E-state index contributed by atoms with van der Waals surface area (Å²) in [4.78, 5) is 23.3. The van der Waals surface area contributed by atoms with Crippen molar-refractivity contribution in [1.82, 2.24) is 10.2 Å². The van der Waals surface area contributed by atoms with Gasteiger partial charge in [-0.15, -0.1) is 16.9 Å². The Morgan fingerprint density at radius 3 is 2.54 bits per heavy atom. The van der Waals surface area contributed by atoms with E-state index in [0.29, 0.717) is 17.9 Å². The first-order valence-electron chi connectivity index (χ1n) is 8.22. The SMILES string of the molecule is CSc1ccc(Cc2nnc(NC(=O)/C=C/c3ccc([N+](=O)[O-])cc3)o2)cc1. The molecular formula is C19H16N4O4S. The van der Waals surface area contributed by atoms with Gasteiger partial charge in [0.2, 0.25) is 5.89 Å². The van der Waals surface area contributed by atoms with Crippen LogP contribution < -0.4 is 5.32 Å². The largest absolute Gasteiger partial charge is 0.407 e. The van der Waals surface area contributed by atoms with Crippen LogP contribution in [0.15, 0.2) is 63.9 Å². The highest BCUT2D eigenvalue weighted by Gasteiger charge is 2.09. The maximum atomic E-state index is 12.0. The van der Waals surface area contributed by atoms with Crippen LogP contribution in [0.25, 0.3) is 6.08 Å². The molecule has 0 atom stereocenters. The first-order valence-corrected chi connectivity index (χ1v) is 9.45. The zero-order chi connectivity index (χ0) is 19.9. The third kappa shape index (κ3) is 5.27. The van der Waals surface area contributed by atoms with Gasteiger partial charge in [-0.2, -0.15) is 0 Å². The number of nitrogens with one attached hydrogen (secondary N) is 1. The summed E-state index contributed by atoms with van der Waals surface area (Å²) in [6, 6.07) is 13.9. The van der Waals surface area contributed by atoms with E-state index in [2.05, 4.69) is 15.5 Å². The molecule has 1 heterocycles. The summed E-state index contributed by atoms with van der Waals surface area (Å²) in [5.41, 5.74) is 1.67. The van der Waals surface area contributed by atoms with Crippen LogP contribution in [0.3, 0.4) is 0 Å². The number of anilines is 1. The number of carbonyl (C=O) groups is 1. The fraction of sp³-hybridized carbons (Fsp3) is 0.105. The lowest BCUT2D eigenvalue weighted by Crippen LogP contribution is -2.07. The van der Waals surface area contributed by atoms with Gasteiger partial charge in [0.05, 0.1) is 11.3 Å². The Bertz CT molecular complexity index is 998. The molecule has 0 aliphatic carbocycles. The van der Waals surface area contributed by atoms with E-state index in [1.54, 1.807) is 23.9 Å². The standard InChI is InChI=1S/C19H16N4O4S/c1-28-16-9-4-14(5-10-16)12-18-21-22-19(27-18)20-17(24)11-6-13-2-7-15(8-3-13)23(25)26/h2-11H,12H2,1H3,(H,20,22,24)/b11-6+. The molecule has 8 nitrogen and oxygen atoms in total. The molecule has 0 aliphatic heterocycles. The fourth-order valence-electron chi connectivity index (χ4n) is 2.32. The van der Waals surface area contributed by atoms with Crippen molar-refractivity contribution in [2.75, 3.05) is 11.6 Å². The molecule has 1 aromatic heterocycles. The van der Waals surface area contributed by atoms with E-state index < -0.39 is 10.8 Å². The molecule has 142 valence electrons. The van der Waals surface area contributed by atoms with Crippen molar-refractivity contribution >= 4 is 35.4 Å². The first-order chi connectivity index (χ1) is 13.5. The van der Waals surface area contributed by atoms with Gasteiger partial charge >= 0.3 is 6.01 Å². The lowest BCUT2D eigenvalue weighted by Gasteiger charge is -1.99. The van der Waals surface area contributed by atoms with Crippen molar-refractivity contribution in [3.05, 3.63) is 81.7 Å². The number of amides is 1. The second-order valence-corrected chi connectivity index (χ2v) is 6.58. The third-order valence-corrected chi connectivity index (χ3v) is 4.49. The van der Waals surface area contributed by atoms with Crippen molar-refractivity contribution in [3.63, 3.8) is 0 Å². The van der Waals surface area contributed by atoms with Crippen LogP contribution in [0.5, 0.6) is 0 Å². The Morgan fingerprint density at radius 1 is 1.18 bits per heavy atom. The van der Waals surface area contributed by atoms with Crippen molar-refractivity contribution in [2.45, 2.75) is 11.3 Å². The Hall–Kier alpha value is -3.46. The molecule has 0 saturated heterocycles. The van der Waals surface area contributed by atoms with Crippen LogP contribution in [0, 0.1) is 10.1 Å². The number of aromatic nitrogens is 2. The molecular weight excluding hydrogens is 380 g/mol. The number of thioether (sulfide) groups is 1. The summed E-state index contributed by atoms with van der Waals surface area (Å²) in [7, 11) is 0. The van der Waals surface area contributed by atoms with Crippen LogP contribution in [-0.4, -0.2) is 27.3 Å². The maximum Gasteiger partial charge on any atom is 0.322 e. The summed E-state index contributed by atoms with van der Waals surface area (Å²) < 4.78 is 5.44. The van der Waals surface area contributed by atoms with Crippen LogP contribution in [-0.2, 0) is 11.2 Å². The molecule has 0 saturated carbocycles. The number of benzene rings is 2. The van der Waals surface area contributed by atoms with Crippen molar-refractivity contribution < 1.29 is 14.1 Å². The zero-order valence-corrected chi connectivity index (χ0v) is 15.7. The first kappa shape index (κ1) is 19.3. The summed E-state index contributed by atoms with van der Waals surface area (Å²) in [6.45, 7) is 0. The monoisotopic (exact) mass is 396 g/mol. The molecule has 0 radical (unpaired) electrons. The van der Waals surface area contributed by atoms with Gasteiger partial charge in [0, 0.05) is 23.1 Å². The molecule has 0 bridgehead atoms. The van der Waals surface area contributed by atoms with Crippen LogP contribution in [0.2, 0.25) is 0 Å². The Balaban J connectivity index is 1.56. The third-order valence-electron chi connectivity index (χ3n) is 3.74. The quantitative estimate of drug-likeness (QED) is 0.279. The van der Waals surface area contributed by atoms with Gasteiger partial charge in [0.1, 0.15) is 0 Å². The number of nitro benzene ring substituents is 1. The van der Waals surface area contributed by atoms with Crippen molar-refractivity contribution in [3.8, 4) is 0 Å². The predicted molar refractivity (Wildman–Crippen MR) is 106 cm³/mol. The van der Waals surface area contributed by atoms with E-state index in [4.69, 9.17) is 4.42 Å². The molecule has 0 aliphatic rings. The van der Waals surface area contributed by atoms with Crippen molar-refractivity contribution in [1.29, 1.82) is 0 Å². The van der Waals surface area contributed by atoms with E-state index in [0.717, 1.165) is 5.56 Å². The van der Waals surface area contributed by atoms with Crippen LogP contribution in [0.1, 0.15) is 17.0 Å². The molecule has 28 heavy (non-hydrogen) atoms. The lowest BCUT2D eigenvalue weighted by molar-refractivity contribution is -0.384. The van der Waals surface area contributed by atoms with E-state index in [1.165, 1.54) is 29.2 Å². The minimum absolute atomic E-state index is 0.00841. The predicted octanol–water partition coefficient (Wildman–Crippen LogP) is 3.94. The average Bonchev–Trinajstić information content (AvgIpc) is 3.14. The number of hydrogen-bond donors (Lipinski definition) is 1. The van der Waals surface area contributed by atoms with Gasteiger partial charge in [-0.05, 0) is 47.7 Å². The van der Waals surface area contributed by atoms with Gasteiger partial charge in [0.25, 0.3) is 11.6 Å². The number of nitrogens with zero attached hydrogens (tertiary/aromatic N) is 3. The van der Waals surface area contributed by atoms with E-state index >= 15 is 0 Å². The van der Waals surface area contributed by atoms with E-state index in [-0.39, 0.29) is 11.7 Å². The number of rotatable bonds is 7. The minimum atomic E-state index is -0.482. The fourth-order valence-corrected chi connectivity index (χ4v) is 2.73. The molecule has 0 spiro atoms. The highest BCUT2D eigenvalue weighted by atomic mass is 32.2. The van der Waals surface area contributed by atoms with Gasteiger partial charge in [-0.3, -0.25) is 20.2 Å². The number of carbonyl (C=O) groups excluding carboxylic acids is 1. The summed E-state index contributed by atoms with van der Waals surface area (Å²) in [5, 5.41) is 20.9. The molecule has 1 amide bonds. The second-order valence-electron chi connectivity index (χ2n) is 5.70. The normalized spacial score (nSPS) is 10.9. The van der Waals surface area contributed by atoms with Crippen LogP contribution in [0.4, 0.5) is 11.7 Å². The molecule has 9 heteroatoms.